The predicted molar refractivity (Wildman–Crippen MR) is 74.7 cm³/mol. The maximum absolute atomic E-state index is 13.2. The Morgan fingerprint density at radius 1 is 1.24 bits per heavy atom. The standard InChI is InChI=1S/C14H11ClF2N2O2/c1-7(20)8-3-12(19(2)6-8)14(21)18-9-4-10(15)13(17)11(16)5-9/h3-6H,1-2H3,(H,18,21). The zero-order valence-corrected chi connectivity index (χ0v) is 12.0. The fourth-order valence-electron chi connectivity index (χ4n) is 1.81. The minimum atomic E-state index is -1.17. The van der Waals surface area contributed by atoms with Gasteiger partial charge in [-0.05, 0) is 19.1 Å². The van der Waals surface area contributed by atoms with E-state index in [1.165, 1.54) is 23.8 Å². The van der Waals surface area contributed by atoms with Crippen LogP contribution < -0.4 is 5.32 Å². The van der Waals surface area contributed by atoms with Gasteiger partial charge in [-0.15, -0.1) is 0 Å². The number of aromatic nitrogens is 1. The molecule has 1 heterocycles. The summed E-state index contributed by atoms with van der Waals surface area (Å²) in [7, 11) is 1.60. The van der Waals surface area contributed by atoms with E-state index < -0.39 is 22.6 Å². The largest absolute Gasteiger partial charge is 0.346 e. The molecule has 1 aromatic carbocycles. The van der Waals surface area contributed by atoms with Crippen molar-refractivity contribution >= 4 is 29.0 Å². The number of hydrogen-bond donors (Lipinski definition) is 1. The zero-order valence-electron chi connectivity index (χ0n) is 11.2. The maximum atomic E-state index is 13.2. The van der Waals surface area contributed by atoms with E-state index in [4.69, 9.17) is 11.6 Å². The summed E-state index contributed by atoms with van der Waals surface area (Å²) in [5, 5.41) is 1.97. The van der Waals surface area contributed by atoms with Crippen molar-refractivity contribution in [1.82, 2.24) is 4.57 Å². The molecule has 7 heteroatoms. The van der Waals surface area contributed by atoms with Gasteiger partial charge in [0.25, 0.3) is 5.91 Å². The average Bonchev–Trinajstić information content (AvgIpc) is 2.78. The molecular weight excluding hydrogens is 302 g/mol. The Labute approximate surface area is 124 Å². The first-order valence-electron chi connectivity index (χ1n) is 5.92. The number of Topliss-reactive ketones (excluding diaryl/α,β-unsaturated/α-hetero) is 1. The number of amides is 1. The quantitative estimate of drug-likeness (QED) is 0.697. The van der Waals surface area contributed by atoms with Crippen LogP contribution in [0, 0.1) is 11.6 Å². The zero-order chi connectivity index (χ0) is 15.7. The lowest BCUT2D eigenvalue weighted by molar-refractivity contribution is 0.101. The van der Waals surface area contributed by atoms with Crippen LogP contribution in [-0.2, 0) is 7.05 Å². The van der Waals surface area contributed by atoms with Crippen LogP contribution in [-0.4, -0.2) is 16.3 Å². The van der Waals surface area contributed by atoms with Gasteiger partial charge in [0.2, 0.25) is 0 Å². The van der Waals surface area contributed by atoms with Crippen LogP contribution in [0.25, 0.3) is 0 Å². The first kappa shape index (κ1) is 15.2. The number of anilines is 1. The molecule has 0 atom stereocenters. The number of carbonyl (C=O) groups excluding carboxylic acids is 2. The number of rotatable bonds is 3. The number of aryl methyl sites for hydroxylation is 1. The first-order valence-corrected chi connectivity index (χ1v) is 6.30. The van der Waals surface area contributed by atoms with Crippen molar-refractivity contribution in [3.05, 3.63) is 52.3 Å². The van der Waals surface area contributed by atoms with Crippen molar-refractivity contribution in [3.63, 3.8) is 0 Å². The lowest BCUT2D eigenvalue weighted by Crippen LogP contribution is -2.15. The van der Waals surface area contributed by atoms with Gasteiger partial charge >= 0.3 is 0 Å². The summed E-state index contributed by atoms with van der Waals surface area (Å²) >= 11 is 5.51. The Balaban J connectivity index is 2.28. The fourth-order valence-corrected chi connectivity index (χ4v) is 2.01. The third-order valence-corrected chi connectivity index (χ3v) is 3.16. The van der Waals surface area contributed by atoms with Crippen LogP contribution in [0.5, 0.6) is 0 Å². The van der Waals surface area contributed by atoms with E-state index >= 15 is 0 Å². The second-order valence-corrected chi connectivity index (χ2v) is 4.90. The van der Waals surface area contributed by atoms with Crippen LogP contribution in [0.1, 0.15) is 27.8 Å². The molecule has 0 bridgehead atoms. The molecule has 1 N–H and O–H groups in total. The van der Waals surface area contributed by atoms with Gasteiger partial charge in [-0.2, -0.15) is 0 Å². The van der Waals surface area contributed by atoms with E-state index in [1.54, 1.807) is 7.05 Å². The number of ketones is 1. The van der Waals surface area contributed by atoms with E-state index in [1.807, 2.05) is 0 Å². The van der Waals surface area contributed by atoms with Crippen molar-refractivity contribution in [2.75, 3.05) is 5.32 Å². The highest BCUT2D eigenvalue weighted by Crippen LogP contribution is 2.23. The molecule has 1 amide bonds. The van der Waals surface area contributed by atoms with E-state index in [9.17, 15) is 18.4 Å². The first-order chi connectivity index (χ1) is 9.79. The molecule has 2 rings (SSSR count). The molecule has 4 nitrogen and oxygen atoms in total. The fraction of sp³-hybridized carbons (Fsp3) is 0.143. The molecule has 0 spiro atoms. The molecule has 21 heavy (non-hydrogen) atoms. The average molecular weight is 313 g/mol. The molecule has 0 unspecified atom stereocenters. The molecule has 0 aliphatic carbocycles. The highest BCUT2D eigenvalue weighted by atomic mass is 35.5. The molecule has 0 radical (unpaired) electrons. The highest BCUT2D eigenvalue weighted by molar-refractivity contribution is 6.31. The molecule has 0 fully saturated rings. The molecular formula is C14H11ClF2N2O2. The number of carbonyl (C=O) groups is 2. The topological polar surface area (TPSA) is 51.1 Å². The molecule has 0 saturated heterocycles. The SMILES string of the molecule is CC(=O)c1cc(C(=O)Nc2cc(F)c(F)c(Cl)c2)n(C)c1. The maximum Gasteiger partial charge on any atom is 0.272 e. The van der Waals surface area contributed by atoms with Gasteiger partial charge in [0.05, 0.1) is 5.02 Å². The monoisotopic (exact) mass is 312 g/mol. The Bertz CT molecular complexity index is 718. The second kappa shape index (κ2) is 5.65. The van der Waals surface area contributed by atoms with Crippen molar-refractivity contribution in [2.45, 2.75) is 6.92 Å². The number of benzene rings is 1. The summed E-state index contributed by atoms with van der Waals surface area (Å²) < 4.78 is 27.8. The van der Waals surface area contributed by atoms with Gasteiger partial charge in [-0.1, -0.05) is 11.6 Å². The Morgan fingerprint density at radius 2 is 1.90 bits per heavy atom. The summed E-state index contributed by atoms with van der Waals surface area (Å²) in [4.78, 5) is 23.3. The van der Waals surface area contributed by atoms with E-state index in [0.29, 0.717) is 5.56 Å². The summed E-state index contributed by atoms with van der Waals surface area (Å²) in [6, 6.07) is 3.35. The number of halogens is 3. The third-order valence-electron chi connectivity index (χ3n) is 2.89. The van der Waals surface area contributed by atoms with Gasteiger partial charge in [-0.25, -0.2) is 8.78 Å². The van der Waals surface area contributed by atoms with Gasteiger partial charge in [0.1, 0.15) is 5.69 Å². The Hall–Kier alpha value is -2.21. The number of nitrogens with one attached hydrogen (secondary N) is 1. The van der Waals surface area contributed by atoms with Gasteiger partial charge in [-0.3, -0.25) is 9.59 Å². The van der Waals surface area contributed by atoms with Crippen molar-refractivity contribution in [2.24, 2.45) is 7.05 Å². The van der Waals surface area contributed by atoms with Gasteiger partial charge in [0.15, 0.2) is 17.4 Å². The lowest BCUT2D eigenvalue weighted by Gasteiger charge is -2.07. The van der Waals surface area contributed by atoms with Crippen LogP contribution >= 0.6 is 11.6 Å². The minimum absolute atomic E-state index is 0.0227. The Kier molecular flexibility index (Phi) is 4.09. The summed E-state index contributed by atoms with van der Waals surface area (Å²) in [6.45, 7) is 1.38. The summed E-state index contributed by atoms with van der Waals surface area (Å²) in [6.07, 6.45) is 1.51. The second-order valence-electron chi connectivity index (χ2n) is 4.49. The van der Waals surface area contributed by atoms with Gasteiger partial charge < -0.3 is 9.88 Å². The highest BCUT2D eigenvalue weighted by Gasteiger charge is 2.16. The van der Waals surface area contributed by atoms with Crippen LogP contribution in [0.2, 0.25) is 5.02 Å². The molecule has 0 aliphatic heterocycles. The molecule has 0 aliphatic rings. The number of hydrogen-bond acceptors (Lipinski definition) is 2. The summed E-state index contributed by atoms with van der Waals surface area (Å²) in [5.41, 5.74) is 0.612. The van der Waals surface area contributed by atoms with E-state index in [2.05, 4.69) is 5.32 Å². The normalized spacial score (nSPS) is 10.5. The van der Waals surface area contributed by atoms with Crippen molar-refractivity contribution in [3.8, 4) is 0 Å². The molecule has 0 saturated carbocycles. The third kappa shape index (κ3) is 3.11. The van der Waals surface area contributed by atoms with Gasteiger partial charge in [0, 0.05) is 30.6 Å². The van der Waals surface area contributed by atoms with Crippen LogP contribution in [0.15, 0.2) is 24.4 Å². The van der Waals surface area contributed by atoms with E-state index in [0.717, 1.165) is 12.1 Å². The minimum Gasteiger partial charge on any atom is -0.346 e. The summed E-state index contributed by atoms with van der Waals surface area (Å²) in [5.74, 6) is -3.07. The predicted octanol–water partition coefficient (Wildman–Crippen LogP) is 3.41. The molecule has 2 aromatic rings. The molecule has 110 valence electrons. The van der Waals surface area contributed by atoms with Crippen molar-refractivity contribution in [1.29, 1.82) is 0 Å². The van der Waals surface area contributed by atoms with Crippen molar-refractivity contribution < 1.29 is 18.4 Å². The van der Waals surface area contributed by atoms with Crippen LogP contribution in [0.4, 0.5) is 14.5 Å². The number of nitrogens with zero attached hydrogens (tertiary/aromatic N) is 1. The molecule has 1 aromatic heterocycles. The Morgan fingerprint density at radius 3 is 2.43 bits per heavy atom. The smallest absolute Gasteiger partial charge is 0.272 e. The van der Waals surface area contributed by atoms with Crippen LogP contribution in [0.3, 0.4) is 0 Å². The van der Waals surface area contributed by atoms with E-state index in [-0.39, 0.29) is 17.2 Å². The lowest BCUT2D eigenvalue weighted by atomic mass is 10.2.